The van der Waals surface area contributed by atoms with Crippen molar-refractivity contribution in [3.63, 3.8) is 0 Å². The summed E-state index contributed by atoms with van der Waals surface area (Å²) in [5, 5.41) is 1.65. The first kappa shape index (κ1) is 12.9. The summed E-state index contributed by atoms with van der Waals surface area (Å²) < 4.78 is 6.79. The van der Waals surface area contributed by atoms with E-state index in [4.69, 9.17) is 21.8 Å². The fourth-order valence-corrected chi connectivity index (χ4v) is 2.82. The van der Waals surface area contributed by atoms with Gasteiger partial charge in [-0.15, -0.1) is 0 Å². The molecule has 0 atom stereocenters. The van der Waals surface area contributed by atoms with Crippen molar-refractivity contribution >= 4 is 38.5 Å². The van der Waals surface area contributed by atoms with E-state index in [1.807, 2.05) is 12.1 Å². The molecule has 1 aromatic carbocycles. The van der Waals surface area contributed by atoms with Gasteiger partial charge >= 0.3 is 0 Å². The monoisotopic (exact) mass is 315 g/mol. The van der Waals surface area contributed by atoms with Crippen LogP contribution in [0.5, 0.6) is 0 Å². The number of nitrogens with two attached hydrogens (primary N) is 1. The highest BCUT2D eigenvalue weighted by atomic mass is 79.9. The van der Waals surface area contributed by atoms with Gasteiger partial charge in [-0.3, -0.25) is 0 Å². The Labute approximate surface area is 114 Å². The van der Waals surface area contributed by atoms with Gasteiger partial charge in [-0.25, -0.2) is 0 Å². The summed E-state index contributed by atoms with van der Waals surface area (Å²) in [6.45, 7) is 6.81. The van der Waals surface area contributed by atoms with Crippen molar-refractivity contribution in [3.05, 3.63) is 33.0 Å². The third-order valence-corrected chi connectivity index (χ3v) is 3.71. The van der Waals surface area contributed by atoms with Crippen LogP contribution in [0.3, 0.4) is 0 Å². The Bertz CT molecular complexity index is 569. The quantitative estimate of drug-likeness (QED) is 0.834. The third-order valence-electron chi connectivity index (χ3n) is 2.75. The van der Waals surface area contributed by atoms with Crippen LogP contribution in [0.1, 0.15) is 32.1 Å². The SMILES string of the molecule is CC(C)(C)c1c(CN)oc2c(Cl)ccc(Br)c12. The molecule has 1 heterocycles. The standard InChI is InChI=1S/C13H15BrClNO/c1-13(2,3)11-9(6-16)17-12-8(15)5-4-7(14)10(11)12/h4-5H,6,16H2,1-3H3. The molecule has 2 nitrogen and oxygen atoms in total. The summed E-state index contributed by atoms with van der Waals surface area (Å²) in [6, 6.07) is 3.76. The van der Waals surface area contributed by atoms with Gasteiger partial charge in [-0.2, -0.15) is 0 Å². The molecule has 0 spiro atoms. The number of halogens is 2. The lowest BCUT2D eigenvalue weighted by Gasteiger charge is -2.19. The van der Waals surface area contributed by atoms with Crippen LogP contribution in [-0.4, -0.2) is 0 Å². The molecule has 0 fully saturated rings. The van der Waals surface area contributed by atoms with Crippen molar-refractivity contribution in [2.45, 2.75) is 32.7 Å². The van der Waals surface area contributed by atoms with E-state index in [0.29, 0.717) is 17.2 Å². The topological polar surface area (TPSA) is 39.2 Å². The van der Waals surface area contributed by atoms with Crippen molar-refractivity contribution in [1.29, 1.82) is 0 Å². The molecule has 0 bridgehead atoms. The van der Waals surface area contributed by atoms with E-state index in [0.717, 1.165) is 21.2 Å². The maximum atomic E-state index is 6.17. The highest BCUT2D eigenvalue weighted by Crippen LogP contribution is 2.41. The molecule has 2 rings (SSSR count). The average Bonchev–Trinajstić information content (AvgIpc) is 2.63. The van der Waals surface area contributed by atoms with Crippen molar-refractivity contribution in [2.75, 3.05) is 0 Å². The first-order valence-corrected chi connectivity index (χ1v) is 6.63. The number of benzene rings is 1. The van der Waals surface area contributed by atoms with Gasteiger partial charge < -0.3 is 10.2 Å². The Morgan fingerprint density at radius 2 is 2.00 bits per heavy atom. The molecule has 0 saturated heterocycles. The molecule has 0 aliphatic carbocycles. The van der Waals surface area contributed by atoms with Gasteiger partial charge in [0, 0.05) is 15.4 Å². The highest BCUT2D eigenvalue weighted by Gasteiger charge is 2.26. The Kier molecular flexibility index (Phi) is 3.27. The Morgan fingerprint density at radius 1 is 1.35 bits per heavy atom. The van der Waals surface area contributed by atoms with Crippen LogP contribution in [0.2, 0.25) is 5.02 Å². The number of hydrogen-bond donors (Lipinski definition) is 1. The minimum Gasteiger partial charge on any atom is -0.458 e. The van der Waals surface area contributed by atoms with Crippen molar-refractivity contribution in [1.82, 2.24) is 0 Å². The normalized spacial score (nSPS) is 12.4. The van der Waals surface area contributed by atoms with Gasteiger partial charge in [0.1, 0.15) is 5.76 Å². The van der Waals surface area contributed by atoms with Crippen LogP contribution in [-0.2, 0) is 12.0 Å². The first-order chi connectivity index (χ1) is 7.86. The minimum absolute atomic E-state index is 0.0346. The molecule has 2 aromatic rings. The summed E-state index contributed by atoms with van der Waals surface area (Å²) in [5.74, 6) is 0.807. The van der Waals surface area contributed by atoms with Gasteiger partial charge in [-0.1, -0.05) is 48.3 Å². The molecular weight excluding hydrogens is 302 g/mol. The van der Waals surface area contributed by atoms with Crippen LogP contribution in [0, 0.1) is 0 Å². The fourth-order valence-electron chi connectivity index (χ4n) is 2.12. The second kappa shape index (κ2) is 4.30. The number of furan rings is 1. The first-order valence-electron chi connectivity index (χ1n) is 5.46. The lowest BCUT2D eigenvalue weighted by Crippen LogP contribution is -2.14. The second-order valence-corrected chi connectivity index (χ2v) is 6.35. The summed E-state index contributed by atoms with van der Waals surface area (Å²) in [4.78, 5) is 0. The molecule has 4 heteroatoms. The maximum absolute atomic E-state index is 6.17. The molecular formula is C13H15BrClNO. The number of rotatable bonds is 1. The van der Waals surface area contributed by atoms with Gasteiger partial charge in [0.15, 0.2) is 5.58 Å². The van der Waals surface area contributed by atoms with Crippen LogP contribution in [0.4, 0.5) is 0 Å². The second-order valence-electron chi connectivity index (χ2n) is 5.09. The molecule has 0 radical (unpaired) electrons. The van der Waals surface area contributed by atoms with Crippen LogP contribution in [0.15, 0.2) is 21.0 Å². The summed E-state index contributed by atoms with van der Waals surface area (Å²) >= 11 is 9.72. The van der Waals surface area contributed by atoms with Gasteiger partial charge in [0.2, 0.25) is 0 Å². The molecule has 92 valence electrons. The van der Waals surface area contributed by atoms with Gasteiger partial charge in [0.05, 0.1) is 11.6 Å². The van der Waals surface area contributed by atoms with E-state index in [1.54, 1.807) is 0 Å². The molecule has 0 amide bonds. The summed E-state index contributed by atoms with van der Waals surface area (Å²) in [7, 11) is 0. The van der Waals surface area contributed by atoms with Crippen LogP contribution in [0.25, 0.3) is 11.0 Å². The van der Waals surface area contributed by atoms with E-state index in [2.05, 4.69) is 36.7 Å². The Morgan fingerprint density at radius 3 is 2.53 bits per heavy atom. The molecule has 2 N–H and O–H groups in total. The smallest absolute Gasteiger partial charge is 0.154 e. The Balaban J connectivity index is 2.93. The van der Waals surface area contributed by atoms with Crippen molar-refractivity contribution in [2.24, 2.45) is 5.73 Å². The van der Waals surface area contributed by atoms with Gasteiger partial charge in [0.25, 0.3) is 0 Å². The van der Waals surface area contributed by atoms with Crippen molar-refractivity contribution < 1.29 is 4.42 Å². The zero-order chi connectivity index (χ0) is 12.8. The zero-order valence-electron chi connectivity index (χ0n) is 10.1. The molecule has 0 aliphatic rings. The zero-order valence-corrected chi connectivity index (χ0v) is 12.4. The van der Waals surface area contributed by atoms with Crippen LogP contribution >= 0.6 is 27.5 Å². The highest BCUT2D eigenvalue weighted by molar-refractivity contribution is 9.10. The molecule has 0 saturated carbocycles. The molecule has 0 unspecified atom stereocenters. The maximum Gasteiger partial charge on any atom is 0.154 e. The lowest BCUT2D eigenvalue weighted by molar-refractivity contribution is 0.511. The predicted octanol–water partition coefficient (Wildman–Crippen LogP) is 4.60. The molecule has 17 heavy (non-hydrogen) atoms. The van der Waals surface area contributed by atoms with Gasteiger partial charge in [-0.05, 0) is 17.5 Å². The van der Waals surface area contributed by atoms with E-state index in [1.165, 1.54) is 0 Å². The fraction of sp³-hybridized carbons (Fsp3) is 0.385. The third kappa shape index (κ3) is 2.12. The summed E-state index contributed by atoms with van der Waals surface area (Å²) in [6.07, 6.45) is 0. The van der Waals surface area contributed by atoms with E-state index in [-0.39, 0.29) is 5.41 Å². The van der Waals surface area contributed by atoms with E-state index < -0.39 is 0 Å². The predicted molar refractivity (Wildman–Crippen MR) is 75.5 cm³/mol. The number of hydrogen-bond acceptors (Lipinski definition) is 2. The minimum atomic E-state index is -0.0346. The Hall–Kier alpha value is -0.510. The lowest BCUT2D eigenvalue weighted by atomic mass is 9.85. The van der Waals surface area contributed by atoms with E-state index in [9.17, 15) is 0 Å². The largest absolute Gasteiger partial charge is 0.458 e. The molecule has 1 aromatic heterocycles. The van der Waals surface area contributed by atoms with Crippen molar-refractivity contribution in [3.8, 4) is 0 Å². The average molecular weight is 317 g/mol. The number of fused-ring (bicyclic) bond motifs is 1. The molecule has 0 aliphatic heterocycles. The summed E-state index contributed by atoms with van der Waals surface area (Å²) in [5.41, 5.74) is 7.57. The van der Waals surface area contributed by atoms with E-state index >= 15 is 0 Å². The van der Waals surface area contributed by atoms with Crippen LogP contribution < -0.4 is 5.73 Å².